The van der Waals surface area contributed by atoms with E-state index in [-0.39, 0.29) is 17.0 Å². The minimum absolute atomic E-state index is 0.0131. The molecule has 9 nitrogen and oxygen atoms in total. The Morgan fingerprint density at radius 3 is 2.27 bits per heavy atom. The van der Waals surface area contributed by atoms with Gasteiger partial charge in [0.15, 0.2) is 5.57 Å². The summed E-state index contributed by atoms with van der Waals surface area (Å²) in [7, 11) is 1.99. The molecule has 0 aromatic heterocycles. The number of nitrogens with zero attached hydrogens (tertiary/aromatic N) is 6. The highest BCUT2D eigenvalue weighted by Gasteiger charge is 2.24. The molecule has 0 radical (unpaired) electrons. The zero-order valence-corrected chi connectivity index (χ0v) is 14.5. The summed E-state index contributed by atoms with van der Waals surface area (Å²) in [5.41, 5.74) is 0.897. The number of aryl methyl sites for hydroxylation is 1. The molecule has 1 saturated heterocycles. The van der Waals surface area contributed by atoms with E-state index in [0.29, 0.717) is 30.0 Å². The van der Waals surface area contributed by atoms with Gasteiger partial charge in [0.25, 0.3) is 5.69 Å². The second-order valence-corrected chi connectivity index (χ2v) is 5.91. The zero-order valence-electron chi connectivity index (χ0n) is 14.5. The summed E-state index contributed by atoms with van der Waals surface area (Å²) in [6, 6.07) is 8.15. The van der Waals surface area contributed by atoms with Crippen molar-refractivity contribution in [2.45, 2.75) is 6.92 Å². The van der Waals surface area contributed by atoms with Gasteiger partial charge < -0.3 is 15.1 Å². The van der Waals surface area contributed by atoms with E-state index < -0.39 is 4.92 Å². The fourth-order valence-corrected chi connectivity index (χ4v) is 2.68. The molecule has 0 atom stereocenters. The summed E-state index contributed by atoms with van der Waals surface area (Å²) in [6.45, 7) is 4.51. The van der Waals surface area contributed by atoms with E-state index in [0.717, 1.165) is 13.1 Å². The van der Waals surface area contributed by atoms with Gasteiger partial charge in [0.1, 0.15) is 29.6 Å². The Kier molecular flexibility index (Phi) is 5.74. The van der Waals surface area contributed by atoms with Crippen molar-refractivity contribution in [3.8, 4) is 18.2 Å². The third kappa shape index (κ3) is 3.89. The molecule has 26 heavy (non-hydrogen) atoms. The molecular weight excluding hydrogens is 334 g/mol. The lowest BCUT2D eigenvalue weighted by Gasteiger charge is -2.34. The molecule has 1 aliphatic rings. The number of hydrogen-bond donors (Lipinski definition) is 1. The smallest absolute Gasteiger partial charge is 0.292 e. The van der Waals surface area contributed by atoms with Gasteiger partial charge in [-0.2, -0.15) is 15.8 Å². The van der Waals surface area contributed by atoms with Gasteiger partial charge in [0.05, 0.1) is 4.92 Å². The number of nitrogens with one attached hydrogen (secondary N) is 1. The molecule has 1 aromatic rings. The van der Waals surface area contributed by atoms with Crippen molar-refractivity contribution in [1.82, 2.24) is 4.90 Å². The Labute approximate surface area is 151 Å². The number of anilines is 2. The van der Waals surface area contributed by atoms with Crippen LogP contribution in [0, 0.1) is 51.0 Å². The number of nitriles is 3. The van der Waals surface area contributed by atoms with Crippen LogP contribution in [0.15, 0.2) is 23.4 Å². The third-order valence-corrected chi connectivity index (χ3v) is 4.21. The predicted octanol–water partition coefficient (Wildman–Crippen LogP) is 1.89. The molecule has 132 valence electrons. The maximum atomic E-state index is 11.5. The van der Waals surface area contributed by atoms with E-state index in [9.17, 15) is 15.4 Å². The molecule has 0 amide bonds. The highest BCUT2D eigenvalue weighted by molar-refractivity contribution is 5.74. The molecule has 9 heteroatoms. The van der Waals surface area contributed by atoms with Crippen LogP contribution < -0.4 is 10.2 Å². The van der Waals surface area contributed by atoms with Gasteiger partial charge >= 0.3 is 0 Å². The molecule has 1 heterocycles. The highest BCUT2D eigenvalue weighted by atomic mass is 16.6. The average Bonchev–Trinajstić information content (AvgIpc) is 2.63. The van der Waals surface area contributed by atoms with Crippen molar-refractivity contribution in [2.75, 3.05) is 43.4 Å². The van der Waals surface area contributed by atoms with Crippen LogP contribution in [0.5, 0.6) is 0 Å². The average molecular weight is 351 g/mol. The minimum atomic E-state index is -0.429. The molecule has 0 spiro atoms. The molecule has 0 saturated carbocycles. The van der Waals surface area contributed by atoms with Gasteiger partial charge in [0, 0.05) is 37.9 Å². The van der Waals surface area contributed by atoms with Crippen LogP contribution >= 0.6 is 0 Å². The first kappa shape index (κ1) is 18.7. The van der Waals surface area contributed by atoms with Crippen molar-refractivity contribution >= 4 is 17.1 Å². The van der Waals surface area contributed by atoms with Crippen molar-refractivity contribution in [1.29, 1.82) is 15.8 Å². The van der Waals surface area contributed by atoms with E-state index >= 15 is 0 Å². The fraction of sp³-hybridized carbons (Fsp3) is 0.353. The molecule has 2 rings (SSSR count). The lowest BCUT2D eigenvalue weighted by Crippen LogP contribution is -2.44. The Balaban J connectivity index is 2.49. The number of rotatable bonds is 4. The number of allylic oxidation sites excluding steroid dienone is 2. The summed E-state index contributed by atoms with van der Waals surface area (Å²) >= 11 is 0. The predicted molar refractivity (Wildman–Crippen MR) is 95.0 cm³/mol. The number of nitro groups is 1. The molecule has 1 aromatic carbocycles. The first-order chi connectivity index (χ1) is 12.4. The second kappa shape index (κ2) is 7.98. The molecule has 1 N–H and O–H groups in total. The number of hydrogen-bond acceptors (Lipinski definition) is 8. The van der Waals surface area contributed by atoms with Crippen molar-refractivity contribution in [3.63, 3.8) is 0 Å². The Morgan fingerprint density at radius 1 is 1.15 bits per heavy atom. The first-order valence-corrected chi connectivity index (χ1v) is 7.85. The van der Waals surface area contributed by atoms with Crippen LogP contribution in [-0.4, -0.2) is 43.0 Å². The minimum Gasteiger partial charge on any atom is -0.363 e. The van der Waals surface area contributed by atoms with Crippen molar-refractivity contribution in [3.05, 3.63) is 39.1 Å². The summed E-state index contributed by atoms with van der Waals surface area (Å²) in [4.78, 5) is 15.1. The van der Waals surface area contributed by atoms with Gasteiger partial charge in [-0.05, 0) is 25.6 Å². The van der Waals surface area contributed by atoms with Gasteiger partial charge in [-0.25, -0.2) is 0 Å². The second-order valence-electron chi connectivity index (χ2n) is 5.91. The van der Waals surface area contributed by atoms with Crippen molar-refractivity contribution in [2.24, 2.45) is 0 Å². The SMILES string of the molecule is Cc1cc([N+](=O)[O-])c(N2CCN(C)CC2)cc1NC(C#N)=C(C#N)C#N. The maximum absolute atomic E-state index is 11.5. The monoisotopic (exact) mass is 351 g/mol. The molecule has 0 unspecified atom stereocenters. The highest BCUT2D eigenvalue weighted by Crippen LogP contribution is 2.35. The summed E-state index contributed by atoms with van der Waals surface area (Å²) in [5, 5.41) is 41.3. The number of nitro benzene ring substituents is 1. The van der Waals surface area contributed by atoms with Gasteiger partial charge in [-0.15, -0.1) is 0 Å². The number of piperazine rings is 1. The van der Waals surface area contributed by atoms with E-state index in [1.54, 1.807) is 31.2 Å². The standard InChI is InChI=1S/C17H17N7O2/c1-12-7-17(24(25)26)16(23-5-3-22(2)4-6-23)8-14(12)21-15(11-20)13(9-18)10-19/h7-8,21H,3-6H2,1-2H3. The lowest BCUT2D eigenvalue weighted by atomic mass is 10.1. The van der Waals surface area contributed by atoms with E-state index in [1.807, 2.05) is 11.9 Å². The molecular formula is C17H17N7O2. The third-order valence-electron chi connectivity index (χ3n) is 4.21. The van der Waals surface area contributed by atoms with Crippen LogP contribution in [-0.2, 0) is 0 Å². The zero-order chi connectivity index (χ0) is 19.3. The topological polar surface area (TPSA) is 133 Å². The first-order valence-electron chi connectivity index (χ1n) is 7.85. The molecule has 0 bridgehead atoms. The summed E-state index contributed by atoms with van der Waals surface area (Å²) in [5.74, 6) is 0. The fourth-order valence-electron chi connectivity index (χ4n) is 2.68. The van der Waals surface area contributed by atoms with Crippen LogP contribution in [0.2, 0.25) is 0 Å². The van der Waals surface area contributed by atoms with Crippen LogP contribution in [0.1, 0.15) is 5.56 Å². The largest absolute Gasteiger partial charge is 0.363 e. The van der Waals surface area contributed by atoms with Crippen LogP contribution in [0.25, 0.3) is 0 Å². The van der Waals surface area contributed by atoms with Crippen LogP contribution in [0.3, 0.4) is 0 Å². The lowest BCUT2D eigenvalue weighted by molar-refractivity contribution is -0.384. The van der Waals surface area contributed by atoms with E-state index in [1.165, 1.54) is 6.07 Å². The van der Waals surface area contributed by atoms with E-state index in [2.05, 4.69) is 10.2 Å². The molecule has 1 aliphatic heterocycles. The molecule has 0 aliphatic carbocycles. The van der Waals surface area contributed by atoms with Gasteiger partial charge in [0.2, 0.25) is 0 Å². The van der Waals surface area contributed by atoms with Gasteiger partial charge in [-0.1, -0.05) is 0 Å². The number of likely N-dealkylation sites (N-methyl/N-ethyl adjacent to an activating group) is 1. The summed E-state index contributed by atoms with van der Waals surface area (Å²) in [6.07, 6.45) is 0. The van der Waals surface area contributed by atoms with Gasteiger partial charge in [-0.3, -0.25) is 10.1 Å². The Bertz CT molecular complexity index is 862. The maximum Gasteiger partial charge on any atom is 0.292 e. The Hall–Kier alpha value is -3.61. The van der Waals surface area contributed by atoms with Crippen LogP contribution in [0.4, 0.5) is 17.1 Å². The van der Waals surface area contributed by atoms with Crippen molar-refractivity contribution < 1.29 is 4.92 Å². The Morgan fingerprint density at radius 2 is 1.77 bits per heavy atom. The summed E-state index contributed by atoms with van der Waals surface area (Å²) < 4.78 is 0. The number of benzene rings is 1. The molecule has 1 fully saturated rings. The quantitative estimate of drug-likeness (QED) is 0.494. The van der Waals surface area contributed by atoms with E-state index in [4.69, 9.17) is 10.5 Å². The normalized spacial score (nSPS) is 13.9.